The fourth-order valence-electron chi connectivity index (χ4n) is 3.97. The number of carbonyl (C=O) groups excluding carboxylic acids is 2. The molecule has 0 spiro atoms. The Bertz CT molecular complexity index is 951. The van der Waals surface area contributed by atoms with Crippen molar-refractivity contribution in [3.8, 4) is 11.5 Å². The molecule has 0 aromatic heterocycles. The zero-order valence-electron chi connectivity index (χ0n) is 17.7. The first-order chi connectivity index (χ1) is 14.2. The number of aliphatic hydroxyl groups is 1. The molecule has 2 unspecified atom stereocenters. The Labute approximate surface area is 176 Å². The van der Waals surface area contributed by atoms with Crippen LogP contribution in [0.1, 0.15) is 60.8 Å². The molecular formula is C23H28N2O5. The Kier molecular flexibility index (Phi) is 6.03. The molecule has 30 heavy (non-hydrogen) atoms. The molecule has 7 nitrogen and oxygen atoms in total. The molecule has 1 aliphatic rings. The van der Waals surface area contributed by atoms with Gasteiger partial charge in [0.2, 0.25) is 5.91 Å². The number of hydrogen-bond acceptors (Lipinski definition) is 5. The number of ether oxygens (including phenoxy) is 2. The van der Waals surface area contributed by atoms with Gasteiger partial charge in [0.25, 0.3) is 5.91 Å². The quantitative estimate of drug-likeness (QED) is 0.694. The van der Waals surface area contributed by atoms with Crippen molar-refractivity contribution in [2.45, 2.75) is 44.9 Å². The van der Waals surface area contributed by atoms with Crippen LogP contribution in [0.4, 0.5) is 0 Å². The fraction of sp³-hybridized carbons (Fsp3) is 0.391. The monoisotopic (exact) mass is 412 g/mol. The molecule has 1 aliphatic heterocycles. The maximum atomic E-state index is 13.3. The van der Waals surface area contributed by atoms with Gasteiger partial charge in [-0.3, -0.25) is 9.59 Å². The number of nitrogens with zero attached hydrogens (tertiary/aromatic N) is 1. The zero-order chi connectivity index (χ0) is 22.1. The third-order valence-electron chi connectivity index (χ3n) is 5.17. The number of rotatable bonds is 8. The van der Waals surface area contributed by atoms with Crippen LogP contribution in [-0.2, 0) is 4.79 Å². The molecule has 3 rings (SSSR count). The van der Waals surface area contributed by atoms with E-state index in [0.29, 0.717) is 34.8 Å². The lowest BCUT2D eigenvalue weighted by Crippen LogP contribution is -2.41. The third-order valence-corrected chi connectivity index (χ3v) is 5.17. The van der Waals surface area contributed by atoms with Crippen LogP contribution in [0, 0.1) is 0 Å². The van der Waals surface area contributed by atoms with Gasteiger partial charge in [0.15, 0.2) is 11.5 Å². The molecule has 2 aromatic carbocycles. The summed E-state index contributed by atoms with van der Waals surface area (Å²) in [7, 11) is 1.55. The summed E-state index contributed by atoms with van der Waals surface area (Å²) in [6, 6.07) is 10.8. The first kappa shape index (κ1) is 21.6. The molecule has 1 heterocycles. The van der Waals surface area contributed by atoms with Crippen molar-refractivity contribution in [2.24, 2.45) is 5.73 Å². The van der Waals surface area contributed by atoms with E-state index in [1.54, 1.807) is 57.4 Å². The Morgan fingerprint density at radius 3 is 2.53 bits per heavy atom. The molecular weight excluding hydrogens is 384 g/mol. The van der Waals surface area contributed by atoms with Gasteiger partial charge in [-0.25, -0.2) is 0 Å². The second-order valence-electron chi connectivity index (χ2n) is 7.98. The van der Waals surface area contributed by atoms with Crippen LogP contribution in [0.2, 0.25) is 0 Å². The van der Waals surface area contributed by atoms with Crippen LogP contribution in [0.5, 0.6) is 11.5 Å². The van der Waals surface area contributed by atoms with Gasteiger partial charge in [0.1, 0.15) is 6.04 Å². The summed E-state index contributed by atoms with van der Waals surface area (Å²) in [4.78, 5) is 27.2. The lowest BCUT2D eigenvalue weighted by Gasteiger charge is -2.36. The molecule has 2 amide bonds. The van der Waals surface area contributed by atoms with Crippen LogP contribution < -0.4 is 15.2 Å². The Morgan fingerprint density at radius 2 is 1.93 bits per heavy atom. The summed E-state index contributed by atoms with van der Waals surface area (Å²) in [6.45, 7) is 5.64. The summed E-state index contributed by atoms with van der Waals surface area (Å²) >= 11 is 0. The van der Waals surface area contributed by atoms with Crippen molar-refractivity contribution in [1.82, 2.24) is 4.90 Å². The second kappa shape index (κ2) is 8.36. The number of nitrogens with two attached hydrogens (primary N) is 1. The third kappa shape index (κ3) is 4.11. The van der Waals surface area contributed by atoms with E-state index in [-0.39, 0.29) is 12.3 Å². The van der Waals surface area contributed by atoms with Gasteiger partial charge in [0.05, 0.1) is 25.4 Å². The summed E-state index contributed by atoms with van der Waals surface area (Å²) < 4.78 is 11.1. The molecule has 2 aromatic rings. The van der Waals surface area contributed by atoms with Crippen molar-refractivity contribution in [1.29, 1.82) is 0 Å². The first-order valence-electron chi connectivity index (χ1n) is 9.92. The Morgan fingerprint density at radius 1 is 1.23 bits per heavy atom. The predicted octanol–water partition coefficient (Wildman–Crippen LogP) is 2.98. The summed E-state index contributed by atoms with van der Waals surface area (Å²) in [6.07, 6.45) is 0.203. The van der Waals surface area contributed by atoms with E-state index < -0.39 is 23.6 Å². The first-order valence-corrected chi connectivity index (χ1v) is 9.92. The fourth-order valence-corrected chi connectivity index (χ4v) is 3.97. The molecule has 0 radical (unpaired) electrons. The molecule has 160 valence electrons. The predicted molar refractivity (Wildman–Crippen MR) is 112 cm³/mol. The summed E-state index contributed by atoms with van der Waals surface area (Å²) in [5.74, 6) is 0.174. The van der Waals surface area contributed by atoms with Gasteiger partial charge in [-0.15, -0.1) is 0 Å². The van der Waals surface area contributed by atoms with Gasteiger partial charge in [-0.2, -0.15) is 0 Å². The SMILES string of the molecule is CCOc1cc(C(CC(C)(C)O)N2C(=O)c3ccccc3C2C(N)=O)ccc1OC. The van der Waals surface area contributed by atoms with Crippen LogP contribution in [0.15, 0.2) is 42.5 Å². The van der Waals surface area contributed by atoms with Crippen LogP contribution in [-0.4, -0.2) is 41.1 Å². The average Bonchev–Trinajstić information content (AvgIpc) is 2.98. The van der Waals surface area contributed by atoms with E-state index in [1.165, 1.54) is 4.90 Å². The number of hydrogen-bond donors (Lipinski definition) is 2. The minimum Gasteiger partial charge on any atom is -0.493 e. The van der Waals surface area contributed by atoms with E-state index in [4.69, 9.17) is 15.2 Å². The van der Waals surface area contributed by atoms with Crippen molar-refractivity contribution in [2.75, 3.05) is 13.7 Å². The van der Waals surface area contributed by atoms with Gasteiger partial charge in [-0.1, -0.05) is 24.3 Å². The zero-order valence-corrected chi connectivity index (χ0v) is 17.7. The van der Waals surface area contributed by atoms with Gasteiger partial charge < -0.3 is 25.2 Å². The van der Waals surface area contributed by atoms with Crippen molar-refractivity contribution < 1.29 is 24.2 Å². The van der Waals surface area contributed by atoms with Gasteiger partial charge in [0, 0.05) is 12.0 Å². The molecule has 2 atom stereocenters. The van der Waals surface area contributed by atoms with E-state index >= 15 is 0 Å². The van der Waals surface area contributed by atoms with E-state index in [2.05, 4.69) is 0 Å². The van der Waals surface area contributed by atoms with E-state index in [1.807, 2.05) is 13.0 Å². The highest BCUT2D eigenvalue weighted by molar-refractivity contribution is 6.04. The highest BCUT2D eigenvalue weighted by atomic mass is 16.5. The smallest absolute Gasteiger partial charge is 0.255 e. The minimum absolute atomic E-state index is 0.203. The number of carbonyl (C=O) groups is 2. The largest absolute Gasteiger partial charge is 0.493 e. The number of fused-ring (bicyclic) bond motifs is 1. The Hall–Kier alpha value is -3.06. The average molecular weight is 412 g/mol. The Balaban J connectivity index is 2.14. The van der Waals surface area contributed by atoms with Crippen LogP contribution in [0.25, 0.3) is 0 Å². The van der Waals surface area contributed by atoms with Gasteiger partial charge in [-0.05, 0) is 50.1 Å². The maximum absolute atomic E-state index is 13.3. The number of methoxy groups -OCH3 is 1. The van der Waals surface area contributed by atoms with Crippen LogP contribution in [0.3, 0.4) is 0 Å². The molecule has 0 saturated carbocycles. The normalized spacial score (nSPS) is 16.9. The van der Waals surface area contributed by atoms with Crippen LogP contribution >= 0.6 is 0 Å². The van der Waals surface area contributed by atoms with E-state index in [9.17, 15) is 14.7 Å². The molecule has 0 fully saturated rings. The topological polar surface area (TPSA) is 102 Å². The maximum Gasteiger partial charge on any atom is 0.255 e. The molecule has 7 heteroatoms. The van der Waals surface area contributed by atoms with Crippen molar-refractivity contribution in [3.05, 3.63) is 59.2 Å². The molecule has 3 N–H and O–H groups in total. The number of amides is 2. The van der Waals surface area contributed by atoms with Crippen molar-refractivity contribution in [3.63, 3.8) is 0 Å². The summed E-state index contributed by atoms with van der Waals surface area (Å²) in [5.41, 5.74) is 6.36. The van der Waals surface area contributed by atoms with E-state index in [0.717, 1.165) is 0 Å². The summed E-state index contributed by atoms with van der Waals surface area (Å²) in [5, 5.41) is 10.6. The molecule has 0 aliphatic carbocycles. The molecule has 0 saturated heterocycles. The van der Waals surface area contributed by atoms with Crippen molar-refractivity contribution >= 4 is 11.8 Å². The second-order valence-corrected chi connectivity index (χ2v) is 7.98. The minimum atomic E-state index is -1.10. The molecule has 0 bridgehead atoms. The highest BCUT2D eigenvalue weighted by Gasteiger charge is 2.45. The standard InChI is InChI=1S/C23H28N2O5/c1-5-30-19-12-14(10-11-18(19)29-4)17(13-23(2,3)28)25-20(21(24)26)15-8-6-7-9-16(15)22(25)27/h6-12,17,20,28H,5,13H2,1-4H3,(H2,24,26). The lowest BCUT2D eigenvalue weighted by atomic mass is 9.91. The van der Waals surface area contributed by atoms with Gasteiger partial charge >= 0.3 is 0 Å². The number of benzene rings is 2. The number of primary amides is 1. The highest BCUT2D eigenvalue weighted by Crippen LogP contribution is 2.44. The lowest BCUT2D eigenvalue weighted by molar-refractivity contribution is -0.123.